The smallest absolute Gasteiger partial charge is 0.239 e. The van der Waals surface area contributed by atoms with Crippen LogP contribution in [0.15, 0.2) is 29.0 Å². The molecule has 1 aliphatic carbocycles. The fraction of sp³-hybridized carbons (Fsp3) is 0.438. The molecule has 2 aromatic heterocycles. The van der Waals surface area contributed by atoms with Gasteiger partial charge in [-0.05, 0) is 40.9 Å². The van der Waals surface area contributed by atoms with Crippen molar-refractivity contribution in [3.63, 3.8) is 0 Å². The number of rotatable bonds is 4. The van der Waals surface area contributed by atoms with Crippen molar-refractivity contribution in [1.29, 1.82) is 0 Å². The molecule has 3 rings (SSSR count). The second kappa shape index (κ2) is 7.05. The third-order valence-electron chi connectivity index (χ3n) is 3.95. The molecular weight excluding hydrogens is 344 g/mol. The summed E-state index contributed by atoms with van der Waals surface area (Å²) in [6, 6.07) is 4.10. The number of nitrogens with one attached hydrogen (secondary N) is 2. The summed E-state index contributed by atoms with van der Waals surface area (Å²) in [7, 11) is 0. The Morgan fingerprint density at radius 1 is 1.27 bits per heavy atom. The average molecular weight is 363 g/mol. The van der Waals surface area contributed by atoms with E-state index in [0.29, 0.717) is 6.04 Å². The number of carbonyl (C=O) groups excluding carboxylic acids is 1. The lowest BCUT2D eigenvalue weighted by Gasteiger charge is -2.22. The van der Waals surface area contributed by atoms with Gasteiger partial charge in [0.15, 0.2) is 0 Å². The van der Waals surface area contributed by atoms with Crippen LogP contribution < -0.4 is 10.6 Å². The highest BCUT2D eigenvalue weighted by Crippen LogP contribution is 2.22. The van der Waals surface area contributed by atoms with E-state index in [4.69, 9.17) is 0 Å². The van der Waals surface area contributed by atoms with Crippen molar-refractivity contribution >= 4 is 38.6 Å². The van der Waals surface area contributed by atoms with Gasteiger partial charge in [0.2, 0.25) is 5.91 Å². The molecule has 1 aliphatic rings. The maximum absolute atomic E-state index is 12.1. The molecule has 1 amide bonds. The van der Waals surface area contributed by atoms with E-state index in [9.17, 15) is 4.79 Å². The third-order valence-corrected chi connectivity index (χ3v) is 4.39. The summed E-state index contributed by atoms with van der Waals surface area (Å²) in [6.07, 6.45) is 9.36. The van der Waals surface area contributed by atoms with Gasteiger partial charge in [-0.3, -0.25) is 14.8 Å². The molecule has 2 N–H and O–H groups in total. The van der Waals surface area contributed by atoms with Crippen LogP contribution in [0.3, 0.4) is 0 Å². The summed E-state index contributed by atoms with van der Waals surface area (Å²) in [4.78, 5) is 20.7. The van der Waals surface area contributed by atoms with E-state index in [2.05, 4.69) is 36.5 Å². The molecule has 22 heavy (non-hydrogen) atoms. The molecule has 0 bridgehead atoms. The molecule has 0 saturated heterocycles. The maximum Gasteiger partial charge on any atom is 0.239 e. The first-order valence-electron chi connectivity index (χ1n) is 7.66. The fourth-order valence-corrected chi connectivity index (χ4v) is 3.17. The molecule has 2 heterocycles. The Morgan fingerprint density at radius 2 is 2.09 bits per heavy atom. The second-order valence-electron chi connectivity index (χ2n) is 5.64. The predicted molar refractivity (Wildman–Crippen MR) is 90.7 cm³/mol. The monoisotopic (exact) mass is 362 g/mol. The fourth-order valence-electron chi connectivity index (χ4n) is 2.85. The number of carbonyl (C=O) groups is 1. The summed E-state index contributed by atoms with van der Waals surface area (Å²) in [5, 5.41) is 6.27. The summed E-state index contributed by atoms with van der Waals surface area (Å²) in [5.41, 5.74) is 2.40. The molecule has 1 fully saturated rings. The largest absolute Gasteiger partial charge is 0.374 e. The molecule has 0 atom stereocenters. The van der Waals surface area contributed by atoms with Gasteiger partial charge < -0.3 is 10.6 Å². The lowest BCUT2D eigenvalue weighted by Crippen LogP contribution is -2.39. The number of halogens is 1. The van der Waals surface area contributed by atoms with Crippen LogP contribution in [0, 0.1) is 0 Å². The van der Waals surface area contributed by atoms with Gasteiger partial charge in [0.05, 0.1) is 17.7 Å². The van der Waals surface area contributed by atoms with Gasteiger partial charge in [0.1, 0.15) is 5.52 Å². The quantitative estimate of drug-likeness (QED) is 0.875. The maximum atomic E-state index is 12.1. The van der Waals surface area contributed by atoms with Crippen molar-refractivity contribution in [3.05, 3.63) is 29.0 Å². The van der Waals surface area contributed by atoms with Crippen molar-refractivity contribution < 1.29 is 4.79 Å². The van der Waals surface area contributed by atoms with Crippen molar-refractivity contribution in [2.24, 2.45) is 0 Å². The molecule has 0 spiro atoms. The average Bonchev–Trinajstić information content (AvgIpc) is 2.53. The van der Waals surface area contributed by atoms with Gasteiger partial charge in [-0.15, -0.1) is 0 Å². The highest BCUT2D eigenvalue weighted by molar-refractivity contribution is 9.10. The van der Waals surface area contributed by atoms with Crippen molar-refractivity contribution in [2.45, 2.75) is 38.1 Å². The normalized spacial score (nSPS) is 15.7. The number of pyridine rings is 2. The Morgan fingerprint density at radius 3 is 2.91 bits per heavy atom. The number of hydrogen-bond donors (Lipinski definition) is 2. The molecule has 0 aliphatic heterocycles. The van der Waals surface area contributed by atoms with Crippen LogP contribution in [-0.4, -0.2) is 28.5 Å². The standard InChI is InChI=1S/C16H19BrN4O/c17-11-8-14-16(20-9-11)13(6-7-18-14)19-10-15(22)21-12-4-2-1-3-5-12/h6-9,12H,1-5,10H2,(H,18,19)(H,21,22). The topological polar surface area (TPSA) is 66.9 Å². The van der Waals surface area contributed by atoms with E-state index in [1.165, 1.54) is 19.3 Å². The van der Waals surface area contributed by atoms with E-state index in [-0.39, 0.29) is 12.5 Å². The summed E-state index contributed by atoms with van der Waals surface area (Å²) in [5.74, 6) is 0.0361. The lowest BCUT2D eigenvalue weighted by atomic mass is 9.95. The van der Waals surface area contributed by atoms with Gasteiger partial charge >= 0.3 is 0 Å². The highest BCUT2D eigenvalue weighted by Gasteiger charge is 2.15. The molecule has 0 radical (unpaired) electrons. The van der Waals surface area contributed by atoms with Gasteiger partial charge in [-0.2, -0.15) is 0 Å². The lowest BCUT2D eigenvalue weighted by molar-refractivity contribution is -0.120. The van der Waals surface area contributed by atoms with Gasteiger partial charge in [-0.25, -0.2) is 0 Å². The number of aromatic nitrogens is 2. The zero-order valence-electron chi connectivity index (χ0n) is 12.3. The Bertz CT molecular complexity index is 670. The van der Waals surface area contributed by atoms with Gasteiger partial charge in [0.25, 0.3) is 0 Å². The minimum atomic E-state index is 0.0361. The van der Waals surface area contributed by atoms with E-state index in [1.54, 1.807) is 12.4 Å². The van der Waals surface area contributed by atoms with E-state index in [1.807, 2.05) is 12.1 Å². The first-order chi connectivity index (χ1) is 10.7. The Kier molecular flexibility index (Phi) is 4.87. The Balaban J connectivity index is 1.62. The first-order valence-corrected chi connectivity index (χ1v) is 8.45. The van der Waals surface area contributed by atoms with E-state index in [0.717, 1.165) is 34.0 Å². The van der Waals surface area contributed by atoms with Crippen LogP contribution in [0.25, 0.3) is 11.0 Å². The molecule has 1 saturated carbocycles. The van der Waals surface area contributed by atoms with Gasteiger partial charge in [0, 0.05) is 22.9 Å². The zero-order valence-corrected chi connectivity index (χ0v) is 13.9. The summed E-state index contributed by atoms with van der Waals surface area (Å²) < 4.78 is 0.889. The van der Waals surface area contributed by atoms with E-state index < -0.39 is 0 Å². The molecule has 116 valence electrons. The van der Waals surface area contributed by atoms with Crippen molar-refractivity contribution in [1.82, 2.24) is 15.3 Å². The second-order valence-corrected chi connectivity index (χ2v) is 6.55. The summed E-state index contributed by atoms with van der Waals surface area (Å²) in [6.45, 7) is 0.257. The van der Waals surface area contributed by atoms with Crippen molar-refractivity contribution in [3.8, 4) is 0 Å². The Hall–Kier alpha value is -1.69. The number of nitrogens with zero attached hydrogens (tertiary/aromatic N) is 2. The molecular formula is C16H19BrN4O. The van der Waals surface area contributed by atoms with Crippen LogP contribution >= 0.6 is 15.9 Å². The van der Waals surface area contributed by atoms with E-state index >= 15 is 0 Å². The molecule has 5 nitrogen and oxygen atoms in total. The minimum absolute atomic E-state index is 0.0361. The zero-order chi connectivity index (χ0) is 15.4. The number of amides is 1. The van der Waals surface area contributed by atoms with Gasteiger partial charge in [-0.1, -0.05) is 19.3 Å². The molecule has 0 unspecified atom stereocenters. The first kappa shape index (κ1) is 15.2. The highest BCUT2D eigenvalue weighted by atomic mass is 79.9. The predicted octanol–water partition coefficient (Wildman–Crippen LogP) is 3.25. The summed E-state index contributed by atoms with van der Waals surface area (Å²) >= 11 is 3.39. The number of hydrogen-bond acceptors (Lipinski definition) is 4. The molecule has 2 aromatic rings. The molecule has 6 heteroatoms. The minimum Gasteiger partial charge on any atom is -0.374 e. The number of anilines is 1. The molecule has 0 aromatic carbocycles. The van der Waals surface area contributed by atoms with Crippen molar-refractivity contribution in [2.75, 3.05) is 11.9 Å². The number of fused-ring (bicyclic) bond motifs is 1. The van der Waals surface area contributed by atoms with Crippen LogP contribution in [0.5, 0.6) is 0 Å². The van der Waals surface area contributed by atoms with Crippen LogP contribution in [0.4, 0.5) is 5.69 Å². The van der Waals surface area contributed by atoms with Crippen LogP contribution in [0.1, 0.15) is 32.1 Å². The van der Waals surface area contributed by atoms with Crippen LogP contribution in [0.2, 0.25) is 0 Å². The Labute approximate surface area is 138 Å². The third kappa shape index (κ3) is 3.74. The van der Waals surface area contributed by atoms with Crippen LogP contribution in [-0.2, 0) is 4.79 Å². The SMILES string of the molecule is O=C(CNc1ccnc2cc(Br)cnc12)NC1CCCCC1.